The molecule has 3 atom stereocenters. The van der Waals surface area contributed by atoms with Crippen molar-refractivity contribution in [2.75, 3.05) is 7.11 Å². The fourth-order valence-electron chi connectivity index (χ4n) is 4.11. The molecule has 27 heavy (non-hydrogen) atoms. The van der Waals surface area contributed by atoms with E-state index in [-0.39, 0.29) is 23.9 Å². The van der Waals surface area contributed by atoms with Crippen molar-refractivity contribution in [1.82, 2.24) is 5.16 Å². The number of carbonyl (C=O) groups excluding carboxylic acids is 1. The first-order valence-electron chi connectivity index (χ1n) is 9.96. The van der Waals surface area contributed by atoms with E-state index in [1.54, 1.807) is 0 Å². The van der Waals surface area contributed by atoms with Crippen molar-refractivity contribution in [3.8, 4) is 11.3 Å². The number of ether oxygens (including phenoxy) is 1. The van der Waals surface area contributed by atoms with Gasteiger partial charge in [-0.1, -0.05) is 54.8 Å². The third-order valence-electron chi connectivity index (χ3n) is 5.65. The zero-order chi connectivity index (χ0) is 19.1. The number of methoxy groups -OCH3 is 1. The van der Waals surface area contributed by atoms with E-state index in [2.05, 4.69) is 9.89 Å². The van der Waals surface area contributed by atoms with Crippen molar-refractivity contribution in [2.24, 2.45) is 5.92 Å². The number of aliphatic hydroxyl groups is 1. The lowest BCUT2D eigenvalue weighted by Crippen LogP contribution is -2.18. The summed E-state index contributed by atoms with van der Waals surface area (Å²) in [5.74, 6) is 1.14. The highest BCUT2D eigenvalue weighted by Gasteiger charge is 2.37. The van der Waals surface area contributed by atoms with E-state index in [4.69, 9.17) is 4.52 Å². The molecular weight excluding hydrogens is 342 g/mol. The van der Waals surface area contributed by atoms with E-state index >= 15 is 0 Å². The van der Waals surface area contributed by atoms with E-state index in [0.717, 1.165) is 62.0 Å². The number of rotatable bonds is 9. The maximum atomic E-state index is 11.1. The number of nitrogens with zero attached hydrogens (tertiary/aromatic N) is 1. The molecule has 1 saturated carbocycles. The molecular formula is C22H29NO4. The average molecular weight is 371 g/mol. The number of aromatic nitrogens is 1. The molecule has 5 heteroatoms. The summed E-state index contributed by atoms with van der Waals surface area (Å²) >= 11 is 0. The van der Waals surface area contributed by atoms with E-state index in [0.29, 0.717) is 6.42 Å². The first-order valence-corrected chi connectivity index (χ1v) is 9.96. The second kappa shape index (κ2) is 9.70. The molecule has 3 unspecified atom stereocenters. The number of carbonyl (C=O) groups is 1. The van der Waals surface area contributed by atoms with Crippen LogP contribution in [0.1, 0.15) is 63.0 Å². The Morgan fingerprint density at radius 3 is 2.74 bits per heavy atom. The molecule has 1 aliphatic rings. The Morgan fingerprint density at radius 2 is 1.96 bits per heavy atom. The van der Waals surface area contributed by atoms with Crippen LogP contribution in [0.3, 0.4) is 0 Å². The number of esters is 1. The average Bonchev–Trinajstić information content (AvgIpc) is 3.32. The molecule has 1 heterocycles. The lowest BCUT2D eigenvalue weighted by Gasteiger charge is -2.20. The van der Waals surface area contributed by atoms with Crippen molar-refractivity contribution in [2.45, 2.75) is 63.4 Å². The molecule has 3 rings (SSSR count). The Morgan fingerprint density at radius 1 is 1.19 bits per heavy atom. The minimum atomic E-state index is -0.262. The molecule has 1 fully saturated rings. The molecule has 0 amide bonds. The van der Waals surface area contributed by atoms with Crippen LogP contribution >= 0.6 is 0 Å². The minimum absolute atomic E-state index is 0.137. The monoisotopic (exact) mass is 371 g/mol. The Bertz CT molecular complexity index is 712. The zero-order valence-electron chi connectivity index (χ0n) is 16.0. The molecule has 1 aliphatic carbocycles. The van der Waals surface area contributed by atoms with Crippen LogP contribution in [0.5, 0.6) is 0 Å². The predicted octanol–water partition coefficient (Wildman–Crippen LogP) is 4.71. The second-order valence-electron chi connectivity index (χ2n) is 7.43. The van der Waals surface area contributed by atoms with Gasteiger partial charge >= 0.3 is 5.97 Å². The van der Waals surface area contributed by atoms with E-state index < -0.39 is 0 Å². The van der Waals surface area contributed by atoms with Crippen LogP contribution < -0.4 is 0 Å². The van der Waals surface area contributed by atoms with Gasteiger partial charge in [-0.05, 0) is 31.6 Å². The highest BCUT2D eigenvalue weighted by Crippen LogP contribution is 2.43. The fraction of sp³-hybridized carbons (Fsp3) is 0.545. The molecule has 1 aromatic carbocycles. The van der Waals surface area contributed by atoms with Crippen molar-refractivity contribution >= 4 is 5.97 Å². The Balaban J connectivity index is 1.51. The summed E-state index contributed by atoms with van der Waals surface area (Å²) in [5, 5.41) is 14.7. The Hall–Kier alpha value is -2.14. The van der Waals surface area contributed by atoms with E-state index in [1.165, 1.54) is 7.11 Å². The van der Waals surface area contributed by atoms with Gasteiger partial charge in [0.2, 0.25) is 0 Å². The van der Waals surface area contributed by atoms with Crippen molar-refractivity contribution in [3.05, 3.63) is 42.1 Å². The molecule has 0 spiro atoms. The van der Waals surface area contributed by atoms with Crippen LogP contribution in [-0.4, -0.2) is 29.4 Å². The topological polar surface area (TPSA) is 72.6 Å². The van der Waals surface area contributed by atoms with Crippen LogP contribution in [0, 0.1) is 5.92 Å². The molecule has 1 aromatic heterocycles. The maximum absolute atomic E-state index is 11.1. The smallest absolute Gasteiger partial charge is 0.305 e. The standard InChI is InChI=1S/C22H29NO4/c1-26-22(25)12-8-3-2-7-11-18-17(13-14-20(18)24)19-15-21(27-23-19)16-9-5-4-6-10-16/h4-6,9-10,15,17-18,20,24H,2-3,7-8,11-14H2,1H3. The maximum Gasteiger partial charge on any atom is 0.305 e. The van der Waals surface area contributed by atoms with Crippen molar-refractivity contribution in [1.29, 1.82) is 0 Å². The van der Waals surface area contributed by atoms with Crippen molar-refractivity contribution < 1.29 is 19.2 Å². The molecule has 0 bridgehead atoms. The fourth-order valence-corrected chi connectivity index (χ4v) is 4.11. The summed E-state index contributed by atoms with van der Waals surface area (Å²) < 4.78 is 10.2. The number of aliphatic hydroxyl groups excluding tert-OH is 1. The largest absolute Gasteiger partial charge is 0.469 e. The van der Waals surface area contributed by atoms with Gasteiger partial charge in [-0.25, -0.2) is 0 Å². The SMILES string of the molecule is COC(=O)CCCCCCC1C(O)CCC1c1cc(-c2ccccc2)on1. The summed E-state index contributed by atoms with van der Waals surface area (Å²) in [6.07, 6.45) is 7.01. The van der Waals surface area contributed by atoms with Gasteiger partial charge in [-0.3, -0.25) is 4.79 Å². The molecule has 146 valence electrons. The van der Waals surface area contributed by atoms with Crippen LogP contribution in [-0.2, 0) is 9.53 Å². The summed E-state index contributed by atoms with van der Waals surface area (Å²) in [4.78, 5) is 11.1. The lowest BCUT2D eigenvalue weighted by atomic mass is 9.87. The lowest BCUT2D eigenvalue weighted by molar-refractivity contribution is -0.140. The van der Waals surface area contributed by atoms with Gasteiger partial charge in [-0.2, -0.15) is 0 Å². The number of hydrogen-bond donors (Lipinski definition) is 1. The van der Waals surface area contributed by atoms with Gasteiger partial charge in [0.05, 0.1) is 18.9 Å². The third kappa shape index (κ3) is 5.19. The highest BCUT2D eigenvalue weighted by molar-refractivity contribution is 5.68. The van der Waals surface area contributed by atoms with E-state index in [9.17, 15) is 9.90 Å². The Labute approximate surface area is 160 Å². The second-order valence-corrected chi connectivity index (χ2v) is 7.43. The summed E-state index contributed by atoms with van der Waals surface area (Å²) in [6, 6.07) is 12.0. The molecule has 5 nitrogen and oxygen atoms in total. The van der Waals surface area contributed by atoms with Gasteiger partial charge in [0, 0.05) is 24.0 Å². The van der Waals surface area contributed by atoms with Gasteiger partial charge in [-0.15, -0.1) is 0 Å². The molecule has 0 radical (unpaired) electrons. The van der Waals surface area contributed by atoms with Gasteiger partial charge in [0.15, 0.2) is 5.76 Å². The zero-order valence-corrected chi connectivity index (χ0v) is 16.0. The number of hydrogen-bond acceptors (Lipinski definition) is 5. The first-order chi connectivity index (χ1) is 13.2. The van der Waals surface area contributed by atoms with Gasteiger partial charge in [0.1, 0.15) is 0 Å². The molecule has 0 saturated heterocycles. The quantitative estimate of drug-likeness (QED) is 0.510. The summed E-state index contributed by atoms with van der Waals surface area (Å²) in [7, 11) is 1.43. The normalized spacial score (nSPS) is 22.1. The third-order valence-corrected chi connectivity index (χ3v) is 5.65. The summed E-state index contributed by atoms with van der Waals surface area (Å²) in [5.41, 5.74) is 1.98. The number of benzene rings is 1. The highest BCUT2D eigenvalue weighted by atomic mass is 16.5. The number of unbranched alkanes of at least 4 members (excludes halogenated alkanes) is 3. The first kappa shape index (κ1) is 19.6. The predicted molar refractivity (Wildman–Crippen MR) is 103 cm³/mol. The van der Waals surface area contributed by atoms with Crippen molar-refractivity contribution in [3.63, 3.8) is 0 Å². The van der Waals surface area contributed by atoms with Crippen LogP contribution in [0.25, 0.3) is 11.3 Å². The Kier molecular flexibility index (Phi) is 7.04. The molecule has 0 aliphatic heterocycles. The summed E-state index contributed by atoms with van der Waals surface area (Å²) in [6.45, 7) is 0. The minimum Gasteiger partial charge on any atom is -0.469 e. The van der Waals surface area contributed by atoms with E-state index in [1.807, 2.05) is 36.4 Å². The van der Waals surface area contributed by atoms with Gasteiger partial charge < -0.3 is 14.4 Å². The molecule has 2 aromatic rings. The van der Waals surface area contributed by atoms with Crippen LogP contribution in [0.4, 0.5) is 0 Å². The van der Waals surface area contributed by atoms with Gasteiger partial charge in [0.25, 0.3) is 0 Å². The molecule has 1 N–H and O–H groups in total. The van der Waals surface area contributed by atoms with Crippen LogP contribution in [0.2, 0.25) is 0 Å². The van der Waals surface area contributed by atoms with Crippen LogP contribution in [0.15, 0.2) is 40.9 Å².